The average molecular weight is 339 g/mol. The van der Waals surface area contributed by atoms with Crippen molar-refractivity contribution in [3.05, 3.63) is 35.4 Å². The molecule has 1 aromatic carbocycles. The highest BCUT2D eigenvalue weighted by molar-refractivity contribution is 5.80. The summed E-state index contributed by atoms with van der Waals surface area (Å²) in [5.41, 5.74) is 4.65. The maximum atomic E-state index is 13.6. The van der Waals surface area contributed by atoms with Gasteiger partial charge >= 0.3 is 5.97 Å². The van der Waals surface area contributed by atoms with Gasteiger partial charge in [0.15, 0.2) is 5.60 Å². The highest BCUT2D eigenvalue weighted by atomic mass is 19.3. The Kier molecular flexibility index (Phi) is 4.38. The molecule has 132 valence electrons. The van der Waals surface area contributed by atoms with Crippen LogP contribution in [0.25, 0.3) is 0 Å². The Morgan fingerprint density at radius 3 is 2.50 bits per heavy atom. The molecule has 2 saturated carbocycles. The zero-order valence-electron chi connectivity index (χ0n) is 13.4. The van der Waals surface area contributed by atoms with Gasteiger partial charge < -0.3 is 15.9 Å². The largest absolute Gasteiger partial charge is 0.479 e. The first kappa shape index (κ1) is 17.3. The third-order valence-corrected chi connectivity index (χ3v) is 5.60. The highest BCUT2D eigenvalue weighted by Crippen LogP contribution is 2.49. The molecule has 4 nitrogen and oxygen atoms in total. The molecule has 0 heterocycles. The summed E-state index contributed by atoms with van der Waals surface area (Å²) in [6.45, 7) is 0. The standard InChI is InChI=1S/C18H23F2NO3/c19-17(20)8-7-12(10-17)18(24,16(22)23)15-4-2-1-3-14(15)11-5-6-13(21)9-11/h1-4,11-13,24H,5-10,21H2,(H,22,23)/t11-,12+,13-,18+/m0/s1. The van der Waals surface area contributed by atoms with E-state index in [0.29, 0.717) is 6.42 Å². The Bertz CT molecular complexity index is 636. The molecular formula is C18H23F2NO3. The normalized spacial score (nSPS) is 31.8. The summed E-state index contributed by atoms with van der Waals surface area (Å²) < 4.78 is 27.3. The smallest absolute Gasteiger partial charge is 0.340 e. The number of aliphatic hydroxyl groups is 1. The van der Waals surface area contributed by atoms with Gasteiger partial charge in [0.25, 0.3) is 0 Å². The first-order valence-electron chi connectivity index (χ1n) is 8.42. The lowest BCUT2D eigenvalue weighted by Gasteiger charge is -2.33. The van der Waals surface area contributed by atoms with Gasteiger partial charge in [0, 0.05) is 24.8 Å². The number of halogens is 2. The molecule has 6 heteroatoms. The number of hydrogen-bond acceptors (Lipinski definition) is 3. The predicted molar refractivity (Wildman–Crippen MR) is 84.8 cm³/mol. The Morgan fingerprint density at radius 2 is 1.96 bits per heavy atom. The molecule has 0 aliphatic heterocycles. The van der Waals surface area contributed by atoms with Crippen molar-refractivity contribution in [3.8, 4) is 0 Å². The minimum atomic E-state index is -2.92. The van der Waals surface area contributed by atoms with E-state index in [2.05, 4.69) is 0 Å². The van der Waals surface area contributed by atoms with Crippen molar-refractivity contribution < 1.29 is 23.8 Å². The number of carboxylic acids is 1. The monoisotopic (exact) mass is 339 g/mol. The molecule has 0 saturated heterocycles. The molecule has 2 aliphatic rings. The Labute approximate surface area is 139 Å². The van der Waals surface area contributed by atoms with E-state index < -0.39 is 29.8 Å². The van der Waals surface area contributed by atoms with Gasteiger partial charge in [-0.3, -0.25) is 0 Å². The molecule has 0 amide bonds. The lowest BCUT2D eigenvalue weighted by atomic mass is 9.75. The van der Waals surface area contributed by atoms with E-state index in [4.69, 9.17) is 5.73 Å². The molecule has 3 rings (SSSR count). The van der Waals surface area contributed by atoms with Crippen LogP contribution in [0.2, 0.25) is 0 Å². The summed E-state index contributed by atoms with van der Waals surface area (Å²) in [4.78, 5) is 11.9. The van der Waals surface area contributed by atoms with Gasteiger partial charge in [-0.1, -0.05) is 24.3 Å². The first-order valence-corrected chi connectivity index (χ1v) is 8.42. The summed E-state index contributed by atoms with van der Waals surface area (Å²) in [6, 6.07) is 6.84. The maximum absolute atomic E-state index is 13.6. The number of carbonyl (C=O) groups is 1. The van der Waals surface area contributed by atoms with Gasteiger partial charge in [0.05, 0.1) is 0 Å². The second kappa shape index (κ2) is 6.08. The Hall–Kier alpha value is -1.53. The topological polar surface area (TPSA) is 83.5 Å². The van der Waals surface area contributed by atoms with Crippen molar-refractivity contribution in [1.82, 2.24) is 0 Å². The third kappa shape index (κ3) is 2.93. The fraction of sp³-hybridized carbons (Fsp3) is 0.611. The van der Waals surface area contributed by atoms with Crippen LogP contribution in [0.1, 0.15) is 55.6 Å². The summed E-state index contributed by atoms with van der Waals surface area (Å²) >= 11 is 0. The Balaban J connectivity index is 2.02. The van der Waals surface area contributed by atoms with Crippen molar-refractivity contribution in [2.45, 2.75) is 62.0 Å². The molecule has 4 N–H and O–H groups in total. The van der Waals surface area contributed by atoms with Gasteiger partial charge in [-0.25, -0.2) is 13.6 Å². The molecule has 0 aromatic heterocycles. The van der Waals surface area contributed by atoms with E-state index in [1.165, 1.54) is 0 Å². The van der Waals surface area contributed by atoms with Crippen LogP contribution in [0.15, 0.2) is 24.3 Å². The number of hydrogen-bond donors (Lipinski definition) is 3. The van der Waals surface area contributed by atoms with Gasteiger partial charge in [-0.05, 0) is 42.7 Å². The van der Waals surface area contributed by atoms with Crippen molar-refractivity contribution in [3.63, 3.8) is 0 Å². The fourth-order valence-electron chi connectivity index (χ4n) is 4.32. The van der Waals surface area contributed by atoms with Crippen molar-refractivity contribution in [2.75, 3.05) is 0 Å². The molecule has 0 unspecified atom stereocenters. The van der Waals surface area contributed by atoms with Gasteiger partial charge in [-0.15, -0.1) is 0 Å². The number of nitrogens with two attached hydrogens (primary N) is 1. The fourth-order valence-corrected chi connectivity index (χ4v) is 4.32. The quantitative estimate of drug-likeness (QED) is 0.787. The molecule has 1 aromatic rings. The number of alkyl halides is 2. The Morgan fingerprint density at radius 1 is 1.25 bits per heavy atom. The molecular weight excluding hydrogens is 316 g/mol. The van der Waals surface area contributed by atoms with Crippen LogP contribution in [-0.2, 0) is 10.4 Å². The number of aliphatic carboxylic acids is 1. The SMILES string of the molecule is N[C@H]1CC[C@H](c2ccccc2[C@@](O)(C(=O)O)[C@@H]2CCC(F)(F)C2)C1. The predicted octanol–water partition coefficient (Wildman–Crippen LogP) is 2.99. The van der Waals surface area contributed by atoms with E-state index in [9.17, 15) is 23.8 Å². The summed E-state index contributed by atoms with van der Waals surface area (Å²) in [7, 11) is 0. The van der Waals surface area contributed by atoms with E-state index in [1.54, 1.807) is 24.3 Å². The van der Waals surface area contributed by atoms with Crippen molar-refractivity contribution >= 4 is 5.97 Å². The first-order chi connectivity index (χ1) is 11.2. The number of rotatable bonds is 4. The van der Waals surface area contributed by atoms with E-state index in [-0.39, 0.29) is 30.4 Å². The minimum Gasteiger partial charge on any atom is -0.479 e. The minimum absolute atomic E-state index is 0.00564. The zero-order chi connectivity index (χ0) is 17.5. The summed E-state index contributed by atoms with van der Waals surface area (Å²) in [5.74, 6) is -5.32. The second-order valence-electron chi connectivity index (χ2n) is 7.22. The van der Waals surface area contributed by atoms with Gasteiger partial charge in [0.2, 0.25) is 5.92 Å². The number of benzene rings is 1. The van der Waals surface area contributed by atoms with Crippen LogP contribution in [0.3, 0.4) is 0 Å². The molecule has 0 radical (unpaired) electrons. The molecule has 0 bridgehead atoms. The van der Waals surface area contributed by atoms with Crippen molar-refractivity contribution in [1.29, 1.82) is 0 Å². The summed E-state index contributed by atoms with van der Waals surface area (Å²) in [5, 5.41) is 20.8. The van der Waals surface area contributed by atoms with Crippen LogP contribution in [-0.4, -0.2) is 28.1 Å². The lowest BCUT2D eigenvalue weighted by molar-refractivity contribution is -0.167. The molecule has 4 atom stereocenters. The number of carboxylic acid groups (broad SMARTS) is 1. The highest BCUT2D eigenvalue weighted by Gasteiger charge is 2.54. The van der Waals surface area contributed by atoms with Crippen LogP contribution >= 0.6 is 0 Å². The third-order valence-electron chi connectivity index (χ3n) is 5.60. The molecule has 2 aliphatic carbocycles. The average Bonchev–Trinajstić information content (AvgIpc) is 3.12. The van der Waals surface area contributed by atoms with Gasteiger partial charge in [-0.2, -0.15) is 0 Å². The molecule has 24 heavy (non-hydrogen) atoms. The van der Waals surface area contributed by atoms with Crippen molar-refractivity contribution in [2.24, 2.45) is 11.7 Å². The summed E-state index contributed by atoms with van der Waals surface area (Å²) in [6.07, 6.45) is 1.38. The van der Waals surface area contributed by atoms with Crippen LogP contribution in [0.5, 0.6) is 0 Å². The van der Waals surface area contributed by atoms with Crippen LogP contribution in [0, 0.1) is 5.92 Å². The van der Waals surface area contributed by atoms with Crippen LogP contribution in [0.4, 0.5) is 8.78 Å². The van der Waals surface area contributed by atoms with Crippen LogP contribution < -0.4 is 5.73 Å². The zero-order valence-corrected chi connectivity index (χ0v) is 13.4. The van der Waals surface area contributed by atoms with E-state index >= 15 is 0 Å². The maximum Gasteiger partial charge on any atom is 0.340 e. The molecule has 2 fully saturated rings. The van der Waals surface area contributed by atoms with E-state index in [1.807, 2.05) is 0 Å². The second-order valence-corrected chi connectivity index (χ2v) is 7.22. The molecule has 0 spiro atoms. The lowest BCUT2D eigenvalue weighted by Crippen LogP contribution is -2.43. The van der Waals surface area contributed by atoms with E-state index in [0.717, 1.165) is 18.4 Å². The van der Waals surface area contributed by atoms with Gasteiger partial charge in [0.1, 0.15) is 0 Å².